The summed E-state index contributed by atoms with van der Waals surface area (Å²) in [5.74, 6) is 2.07. The summed E-state index contributed by atoms with van der Waals surface area (Å²) in [7, 11) is 3.97. The third-order valence-corrected chi connectivity index (χ3v) is 5.88. The van der Waals surface area contributed by atoms with Crippen LogP contribution in [-0.4, -0.2) is 41.3 Å². The Morgan fingerprint density at radius 3 is 2.47 bits per heavy atom. The second-order valence-electron chi connectivity index (χ2n) is 8.62. The summed E-state index contributed by atoms with van der Waals surface area (Å²) in [6, 6.07) is 9.11. The molecule has 1 aliphatic carbocycles. The number of hydrogen-bond donors (Lipinski definition) is 3. The third kappa shape index (κ3) is 5.81. The van der Waals surface area contributed by atoms with Gasteiger partial charge in [-0.05, 0) is 67.9 Å². The van der Waals surface area contributed by atoms with Crippen molar-refractivity contribution in [3.63, 3.8) is 0 Å². The number of nitrogens with zero attached hydrogens (tertiary/aromatic N) is 3. The zero-order chi connectivity index (χ0) is 21.7. The molecule has 1 saturated carbocycles. The Balaban J connectivity index is 1.50. The molecule has 0 atom stereocenters. The van der Waals surface area contributed by atoms with Crippen LogP contribution in [0.4, 0.5) is 17.5 Å². The van der Waals surface area contributed by atoms with Gasteiger partial charge in [0.05, 0.1) is 0 Å². The van der Waals surface area contributed by atoms with Crippen LogP contribution < -0.4 is 20.9 Å². The molecular weight excluding hydrogens is 392 g/mol. The van der Waals surface area contributed by atoms with E-state index in [1.165, 1.54) is 11.1 Å². The summed E-state index contributed by atoms with van der Waals surface area (Å²) in [6.07, 6.45) is 6.07. The standard InChI is InChI=1S/C23H34N6S/c1-15(2)19-8-6-7-16(3)21(19)28-23(30)26-18-11-9-17(10-12-18)25-22-24-14-13-20(27-22)29(4)5/h6-8,13-15,17-18H,9-12H2,1-5H3,(H,24,25,27)(H2,26,28,30). The fourth-order valence-electron chi connectivity index (χ4n) is 3.91. The van der Waals surface area contributed by atoms with E-state index in [0.717, 1.165) is 37.2 Å². The maximum absolute atomic E-state index is 5.63. The lowest BCUT2D eigenvalue weighted by molar-refractivity contribution is 0.387. The van der Waals surface area contributed by atoms with Crippen molar-refractivity contribution in [2.45, 2.75) is 64.5 Å². The number of para-hydroxylation sites is 1. The molecule has 1 heterocycles. The topological polar surface area (TPSA) is 65.1 Å². The first-order valence-corrected chi connectivity index (χ1v) is 11.2. The van der Waals surface area contributed by atoms with Crippen LogP contribution in [0.1, 0.15) is 56.6 Å². The highest BCUT2D eigenvalue weighted by Gasteiger charge is 2.22. The van der Waals surface area contributed by atoms with E-state index in [4.69, 9.17) is 12.2 Å². The minimum Gasteiger partial charge on any atom is -0.363 e. The fourth-order valence-corrected chi connectivity index (χ4v) is 4.18. The van der Waals surface area contributed by atoms with Gasteiger partial charge in [-0.3, -0.25) is 0 Å². The minimum atomic E-state index is 0.392. The SMILES string of the molecule is Cc1cccc(C(C)C)c1NC(=S)NC1CCC(Nc2nccc(N(C)C)n2)CC1. The number of anilines is 3. The van der Waals surface area contributed by atoms with E-state index in [2.05, 4.69) is 64.9 Å². The fraction of sp³-hybridized carbons (Fsp3) is 0.522. The highest BCUT2D eigenvalue weighted by atomic mass is 32.1. The minimum absolute atomic E-state index is 0.392. The summed E-state index contributed by atoms with van der Waals surface area (Å²) in [5.41, 5.74) is 3.66. The van der Waals surface area contributed by atoms with Gasteiger partial charge in [-0.1, -0.05) is 32.0 Å². The van der Waals surface area contributed by atoms with Crippen molar-refractivity contribution in [1.29, 1.82) is 0 Å². The highest BCUT2D eigenvalue weighted by Crippen LogP contribution is 2.28. The van der Waals surface area contributed by atoms with Gasteiger partial charge in [-0.25, -0.2) is 4.98 Å². The first-order valence-electron chi connectivity index (χ1n) is 10.8. The first-order chi connectivity index (χ1) is 14.3. The van der Waals surface area contributed by atoms with E-state index in [0.29, 0.717) is 29.1 Å². The Morgan fingerprint density at radius 2 is 1.80 bits per heavy atom. The zero-order valence-corrected chi connectivity index (χ0v) is 19.5. The molecule has 1 aromatic heterocycles. The molecule has 6 nitrogen and oxygen atoms in total. The van der Waals surface area contributed by atoms with Gasteiger partial charge < -0.3 is 20.9 Å². The number of rotatable bonds is 6. The van der Waals surface area contributed by atoms with Gasteiger partial charge in [0.15, 0.2) is 5.11 Å². The summed E-state index contributed by atoms with van der Waals surface area (Å²) >= 11 is 5.63. The summed E-state index contributed by atoms with van der Waals surface area (Å²) in [5, 5.41) is 11.2. The molecule has 3 N–H and O–H groups in total. The number of benzene rings is 1. The lowest BCUT2D eigenvalue weighted by Crippen LogP contribution is -2.42. The van der Waals surface area contributed by atoms with Gasteiger partial charge in [-0.2, -0.15) is 4.98 Å². The van der Waals surface area contributed by atoms with Crippen LogP contribution in [0, 0.1) is 6.92 Å². The van der Waals surface area contributed by atoms with E-state index in [1.54, 1.807) is 6.20 Å². The molecule has 7 heteroatoms. The molecule has 0 aliphatic heterocycles. The third-order valence-electron chi connectivity index (χ3n) is 5.66. The molecule has 2 aromatic rings. The molecule has 0 saturated heterocycles. The smallest absolute Gasteiger partial charge is 0.224 e. The lowest BCUT2D eigenvalue weighted by Gasteiger charge is -2.31. The largest absolute Gasteiger partial charge is 0.363 e. The van der Waals surface area contributed by atoms with Crippen LogP contribution in [0.25, 0.3) is 0 Å². The van der Waals surface area contributed by atoms with Crippen LogP contribution in [0.15, 0.2) is 30.5 Å². The second-order valence-corrected chi connectivity index (χ2v) is 9.03. The average molecular weight is 427 g/mol. The van der Waals surface area contributed by atoms with Crippen molar-refractivity contribution < 1.29 is 0 Å². The summed E-state index contributed by atoms with van der Waals surface area (Å²) in [6.45, 7) is 6.55. The lowest BCUT2D eigenvalue weighted by atomic mass is 9.91. The predicted octanol–water partition coefficient (Wildman–Crippen LogP) is 4.68. The normalized spacial score (nSPS) is 18.7. The highest BCUT2D eigenvalue weighted by molar-refractivity contribution is 7.80. The number of hydrogen-bond acceptors (Lipinski definition) is 5. The van der Waals surface area contributed by atoms with Gasteiger partial charge in [0.2, 0.25) is 5.95 Å². The van der Waals surface area contributed by atoms with Crippen molar-refractivity contribution in [2.24, 2.45) is 0 Å². The van der Waals surface area contributed by atoms with Crippen molar-refractivity contribution in [1.82, 2.24) is 15.3 Å². The molecule has 0 spiro atoms. The monoisotopic (exact) mass is 426 g/mol. The van der Waals surface area contributed by atoms with Crippen molar-refractivity contribution in [3.05, 3.63) is 41.6 Å². The zero-order valence-electron chi connectivity index (χ0n) is 18.7. The molecule has 30 heavy (non-hydrogen) atoms. The maximum atomic E-state index is 5.63. The van der Waals surface area contributed by atoms with E-state index in [1.807, 2.05) is 25.1 Å². The van der Waals surface area contributed by atoms with Crippen molar-refractivity contribution >= 4 is 34.8 Å². The van der Waals surface area contributed by atoms with Gasteiger partial charge in [0.25, 0.3) is 0 Å². The number of thiocarbonyl (C=S) groups is 1. The van der Waals surface area contributed by atoms with E-state index in [-0.39, 0.29) is 0 Å². The average Bonchev–Trinajstić information content (AvgIpc) is 2.71. The van der Waals surface area contributed by atoms with Crippen LogP contribution in [-0.2, 0) is 0 Å². The Kier molecular flexibility index (Phi) is 7.48. The van der Waals surface area contributed by atoms with Gasteiger partial charge >= 0.3 is 0 Å². The Bertz CT molecular complexity index is 859. The van der Waals surface area contributed by atoms with Crippen molar-refractivity contribution in [2.75, 3.05) is 29.6 Å². The first kappa shape index (κ1) is 22.3. The Morgan fingerprint density at radius 1 is 1.10 bits per heavy atom. The quantitative estimate of drug-likeness (QED) is 0.579. The molecule has 3 rings (SSSR count). The van der Waals surface area contributed by atoms with Gasteiger partial charge in [0.1, 0.15) is 5.82 Å². The van der Waals surface area contributed by atoms with Crippen LogP contribution in [0.5, 0.6) is 0 Å². The molecule has 0 radical (unpaired) electrons. The van der Waals surface area contributed by atoms with Gasteiger partial charge in [0, 0.05) is 38.1 Å². The summed E-state index contributed by atoms with van der Waals surface area (Å²) in [4.78, 5) is 10.9. The molecule has 1 aliphatic rings. The number of aryl methyl sites for hydroxylation is 1. The summed E-state index contributed by atoms with van der Waals surface area (Å²) < 4.78 is 0. The maximum Gasteiger partial charge on any atom is 0.224 e. The predicted molar refractivity (Wildman–Crippen MR) is 131 cm³/mol. The molecular formula is C23H34N6S. The van der Waals surface area contributed by atoms with Crippen LogP contribution >= 0.6 is 12.2 Å². The van der Waals surface area contributed by atoms with Crippen LogP contribution in [0.2, 0.25) is 0 Å². The van der Waals surface area contributed by atoms with Crippen LogP contribution in [0.3, 0.4) is 0 Å². The Labute approximate surface area is 185 Å². The number of aromatic nitrogens is 2. The van der Waals surface area contributed by atoms with Crippen molar-refractivity contribution in [3.8, 4) is 0 Å². The second kappa shape index (κ2) is 10.1. The van der Waals surface area contributed by atoms with E-state index < -0.39 is 0 Å². The van der Waals surface area contributed by atoms with E-state index in [9.17, 15) is 0 Å². The molecule has 1 fully saturated rings. The van der Waals surface area contributed by atoms with E-state index >= 15 is 0 Å². The molecule has 162 valence electrons. The Hall–Kier alpha value is -2.41. The molecule has 0 amide bonds. The molecule has 1 aromatic carbocycles. The number of nitrogens with one attached hydrogen (secondary N) is 3. The van der Waals surface area contributed by atoms with Gasteiger partial charge in [-0.15, -0.1) is 0 Å². The molecule has 0 bridgehead atoms. The molecule has 0 unspecified atom stereocenters.